The van der Waals surface area contributed by atoms with E-state index in [1.54, 1.807) is 0 Å². The molecule has 0 bridgehead atoms. The molecule has 1 aromatic carbocycles. The molecule has 4 rings (SSSR count). The lowest BCUT2D eigenvalue weighted by atomic mass is 10.1. The number of hydrogen-bond acceptors (Lipinski definition) is 6. The van der Waals surface area contributed by atoms with Crippen LogP contribution in [0, 0.1) is 0 Å². The van der Waals surface area contributed by atoms with Crippen LogP contribution in [0.25, 0.3) is 0 Å². The van der Waals surface area contributed by atoms with Gasteiger partial charge in [-0.25, -0.2) is 9.97 Å². The molecule has 25 heavy (non-hydrogen) atoms. The van der Waals surface area contributed by atoms with Crippen LogP contribution in [0.2, 0.25) is 0 Å². The first-order chi connectivity index (χ1) is 12.4. The second-order valence-corrected chi connectivity index (χ2v) is 6.75. The number of ether oxygens (including phenoxy) is 1. The third-order valence-electron chi connectivity index (χ3n) is 4.90. The van der Waals surface area contributed by atoms with Crippen LogP contribution in [0.1, 0.15) is 11.1 Å². The number of likely N-dealkylation sites (tertiary alicyclic amines) is 1. The van der Waals surface area contributed by atoms with Crippen LogP contribution in [0.3, 0.4) is 0 Å². The maximum Gasteiger partial charge on any atom is 0.222 e. The average molecular weight is 339 g/mol. The van der Waals surface area contributed by atoms with E-state index in [2.05, 4.69) is 37.2 Å². The Balaban J connectivity index is 1.21. The van der Waals surface area contributed by atoms with Gasteiger partial charge >= 0.3 is 0 Å². The van der Waals surface area contributed by atoms with E-state index in [1.165, 1.54) is 11.1 Å². The summed E-state index contributed by atoms with van der Waals surface area (Å²) >= 11 is 0. The summed E-state index contributed by atoms with van der Waals surface area (Å²) in [5.41, 5.74) is 2.40. The summed E-state index contributed by atoms with van der Waals surface area (Å²) in [6.45, 7) is 7.84. The van der Waals surface area contributed by atoms with Crippen molar-refractivity contribution in [2.45, 2.75) is 19.1 Å². The number of anilines is 1. The van der Waals surface area contributed by atoms with Crippen LogP contribution in [-0.4, -0.2) is 65.2 Å². The summed E-state index contributed by atoms with van der Waals surface area (Å²) in [4.78, 5) is 13.9. The molecule has 1 N–H and O–H groups in total. The molecule has 0 radical (unpaired) electrons. The number of benzene rings is 1. The van der Waals surface area contributed by atoms with Crippen molar-refractivity contribution in [3.63, 3.8) is 0 Å². The third-order valence-corrected chi connectivity index (χ3v) is 4.90. The fraction of sp³-hybridized carbons (Fsp3) is 0.474. The Morgan fingerprint density at radius 3 is 2.44 bits per heavy atom. The highest BCUT2D eigenvalue weighted by Gasteiger charge is 2.32. The number of nitrogens with one attached hydrogen (secondary N) is 1. The van der Waals surface area contributed by atoms with Gasteiger partial charge < -0.3 is 10.1 Å². The Morgan fingerprint density at radius 1 is 1.00 bits per heavy atom. The number of nitrogens with zero attached hydrogens (tertiary/aromatic N) is 4. The molecular formula is C19H25N5O. The van der Waals surface area contributed by atoms with E-state index in [-0.39, 0.29) is 0 Å². The highest BCUT2D eigenvalue weighted by Crippen LogP contribution is 2.18. The molecule has 1 aromatic heterocycles. The van der Waals surface area contributed by atoms with E-state index in [1.807, 2.05) is 30.6 Å². The fourth-order valence-electron chi connectivity index (χ4n) is 3.41. The lowest BCUT2D eigenvalue weighted by Crippen LogP contribution is -2.60. The van der Waals surface area contributed by atoms with Gasteiger partial charge in [-0.05, 0) is 5.56 Å². The minimum absolute atomic E-state index is 0.683. The lowest BCUT2D eigenvalue weighted by Gasteiger charge is -2.46. The van der Waals surface area contributed by atoms with E-state index < -0.39 is 0 Å². The second-order valence-electron chi connectivity index (χ2n) is 6.75. The van der Waals surface area contributed by atoms with Gasteiger partial charge in [0.1, 0.15) is 0 Å². The number of rotatable bonds is 6. The Hall–Kier alpha value is -2.02. The molecule has 0 spiro atoms. The molecule has 0 atom stereocenters. The van der Waals surface area contributed by atoms with Gasteiger partial charge in [0, 0.05) is 63.3 Å². The number of hydrogen-bond donors (Lipinski definition) is 1. The highest BCUT2D eigenvalue weighted by molar-refractivity contribution is 5.28. The van der Waals surface area contributed by atoms with Crippen molar-refractivity contribution in [2.24, 2.45) is 0 Å². The van der Waals surface area contributed by atoms with E-state index in [0.717, 1.165) is 52.5 Å². The van der Waals surface area contributed by atoms with Gasteiger partial charge in [0.05, 0.1) is 13.2 Å². The molecular weight excluding hydrogens is 314 g/mol. The van der Waals surface area contributed by atoms with Gasteiger partial charge in [-0.15, -0.1) is 0 Å². The van der Waals surface area contributed by atoms with Crippen molar-refractivity contribution in [1.82, 2.24) is 19.8 Å². The van der Waals surface area contributed by atoms with Gasteiger partial charge in [-0.2, -0.15) is 0 Å². The first-order valence-corrected chi connectivity index (χ1v) is 9.00. The van der Waals surface area contributed by atoms with Crippen molar-refractivity contribution in [3.8, 4) is 0 Å². The van der Waals surface area contributed by atoms with Crippen LogP contribution in [0.5, 0.6) is 0 Å². The molecule has 0 unspecified atom stereocenters. The van der Waals surface area contributed by atoms with Crippen molar-refractivity contribution in [1.29, 1.82) is 0 Å². The van der Waals surface area contributed by atoms with Crippen LogP contribution in [0.15, 0.2) is 42.7 Å². The monoisotopic (exact) mass is 339 g/mol. The van der Waals surface area contributed by atoms with Crippen molar-refractivity contribution < 1.29 is 4.74 Å². The molecule has 2 aliphatic rings. The standard InChI is InChI=1S/C19H25N5O/c1-2-4-16(5-3-1)10-20-19-21-11-17(12-22-19)13-23-14-18(15-23)24-6-8-25-9-7-24/h1-5,11-12,18H,6-10,13-15H2,(H,20,21,22). The maximum atomic E-state index is 5.42. The average Bonchev–Trinajstić information content (AvgIpc) is 2.65. The first-order valence-electron chi connectivity index (χ1n) is 9.00. The van der Waals surface area contributed by atoms with Crippen molar-refractivity contribution in [3.05, 3.63) is 53.9 Å². The molecule has 2 fully saturated rings. The van der Waals surface area contributed by atoms with Crippen molar-refractivity contribution >= 4 is 5.95 Å². The maximum absolute atomic E-state index is 5.42. The van der Waals surface area contributed by atoms with Gasteiger partial charge in [0.15, 0.2) is 0 Å². The lowest BCUT2D eigenvalue weighted by molar-refractivity contribution is -0.0344. The molecule has 0 saturated carbocycles. The predicted molar refractivity (Wildman–Crippen MR) is 97.3 cm³/mol. The van der Waals surface area contributed by atoms with Gasteiger partial charge in [-0.1, -0.05) is 30.3 Å². The Morgan fingerprint density at radius 2 is 1.72 bits per heavy atom. The van der Waals surface area contributed by atoms with Crippen LogP contribution in [0.4, 0.5) is 5.95 Å². The second kappa shape index (κ2) is 7.91. The summed E-state index contributed by atoms with van der Waals surface area (Å²) in [7, 11) is 0. The van der Waals surface area contributed by atoms with E-state index in [0.29, 0.717) is 12.0 Å². The van der Waals surface area contributed by atoms with Crippen LogP contribution in [-0.2, 0) is 17.8 Å². The summed E-state index contributed by atoms with van der Waals surface area (Å²) in [6.07, 6.45) is 3.87. The topological polar surface area (TPSA) is 53.5 Å². The minimum atomic E-state index is 0.683. The highest BCUT2D eigenvalue weighted by atomic mass is 16.5. The van der Waals surface area contributed by atoms with E-state index in [4.69, 9.17) is 4.74 Å². The third kappa shape index (κ3) is 4.34. The minimum Gasteiger partial charge on any atom is -0.379 e. The Bertz CT molecular complexity index is 651. The van der Waals surface area contributed by atoms with Gasteiger partial charge in [-0.3, -0.25) is 9.80 Å². The Kier molecular flexibility index (Phi) is 5.20. The van der Waals surface area contributed by atoms with Gasteiger partial charge in [0.2, 0.25) is 5.95 Å². The molecule has 6 heteroatoms. The molecule has 0 aliphatic carbocycles. The summed E-state index contributed by atoms with van der Waals surface area (Å²) in [5.74, 6) is 0.683. The largest absolute Gasteiger partial charge is 0.379 e. The van der Waals surface area contributed by atoms with Crippen molar-refractivity contribution in [2.75, 3.05) is 44.7 Å². The van der Waals surface area contributed by atoms with E-state index >= 15 is 0 Å². The number of aromatic nitrogens is 2. The predicted octanol–water partition coefficient (Wildman–Crippen LogP) is 1.61. The zero-order valence-corrected chi connectivity index (χ0v) is 14.5. The van der Waals surface area contributed by atoms with E-state index in [9.17, 15) is 0 Å². The van der Waals surface area contributed by atoms with Crippen LogP contribution >= 0.6 is 0 Å². The summed E-state index contributed by atoms with van der Waals surface area (Å²) in [6, 6.07) is 11.0. The smallest absolute Gasteiger partial charge is 0.222 e. The number of morpholine rings is 1. The normalized spacial score (nSPS) is 19.5. The zero-order chi connectivity index (χ0) is 16.9. The molecule has 0 amide bonds. The zero-order valence-electron chi connectivity index (χ0n) is 14.5. The molecule has 2 aromatic rings. The first kappa shape index (κ1) is 16.4. The Labute approximate surface area is 148 Å². The molecule has 132 valence electrons. The SMILES string of the molecule is c1ccc(CNc2ncc(CN3CC(N4CCOCC4)C3)cn2)cc1. The quantitative estimate of drug-likeness (QED) is 0.863. The van der Waals surface area contributed by atoms with Gasteiger partial charge in [0.25, 0.3) is 0 Å². The summed E-state index contributed by atoms with van der Waals surface area (Å²) in [5, 5.41) is 3.27. The molecule has 3 heterocycles. The molecule has 2 aliphatic heterocycles. The fourth-order valence-corrected chi connectivity index (χ4v) is 3.41. The van der Waals surface area contributed by atoms with Crippen LogP contribution < -0.4 is 5.32 Å². The molecule has 6 nitrogen and oxygen atoms in total. The summed E-state index contributed by atoms with van der Waals surface area (Å²) < 4.78 is 5.42. The molecule has 2 saturated heterocycles.